The zero-order chi connectivity index (χ0) is 31.9. The SMILES string of the molecule is CC1=C(C(=O)Nc2ccccc2)[C@@H](c2ccc(F)cc2)n2c(s/c(=C\c3c(C)n(Cc4ccccc4F)c4ccccc34)c2=O)=N1. The molecule has 1 aliphatic heterocycles. The number of hydrogen-bond acceptors (Lipinski definition) is 4. The van der Waals surface area contributed by atoms with Gasteiger partial charge in [0.1, 0.15) is 11.6 Å². The number of aromatic nitrogens is 2. The molecule has 0 spiro atoms. The van der Waals surface area contributed by atoms with Crippen molar-refractivity contribution >= 4 is 39.9 Å². The molecule has 6 nitrogen and oxygen atoms in total. The van der Waals surface area contributed by atoms with E-state index in [2.05, 4.69) is 5.32 Å². The van der Waals surface area contributed by atoms with E-state index in [9.17, 15) is 18.4 Å². The number of anilines is 1. The van der Waals surface area contributed by atoms with Crippen LogP contribution in [-0.4, -0.2) is 15.0 Å². The molecule has 0 bridgehead atoms. The van der Waals surface area contributed by atoms with Gasteiger partial charge in [-0.2, -0.15) is 0 Å². The first-order valence-electron chi connectivity index (χ1n) is 14.8. The Hall–Kier alpha value is -5.41. The molecule has 4 aromatic carbocycles. The molecule has 1 amide bonds. The third kappa shape index (κ3) is 5.18. The predicted octanol–water partition coefficient (Wildman–Crippen LogP) is 6.46. The van der Waals surface area contributed by atoms with Gasteiger partial charge in [-0.05, 0) is 61.9 Å². The molecule has 0 saturated carbocycles. The molecule has 7 rings (SSSR count). The number of para-hydroxylation sites is 2. The number of nitrogens with one attached hydrogen (secondary N) is 1. The quantitative estimate of drug-likeness (QED) is 0.230. The van der Waals surface area contributed by atoms with Crippen LogP contribution in [0.25, 0.3) is 17.0 Å². The van der Waals surface area contributed by atoms with Gasteiger partial charge in [0.2, 0.25) is 0 Å². The fraction of sp³-hybridized carbons (Fsp3) is 0.108. The normalized spacial score (nSPS) is 14.8. The highest BCUT2D eigenvalue weighted by molar-refractivity contribution is 7.07. The van der Waals surface area contributed by atoms with Gasteiger partial charge in [0.15, 0.2) is 4.80 Å². The third-order valence-electron chi connectivity index (χ3n) is 8.33. The second-order valence-corrected chi connectivity index (χ2v) is 12.2. The Morgan fingerprint density at radius 2 is 1.61 bits per heavy atom. The summed E-state index contributed by atoms with van der Waals surface area (Å²) < 4.78 is 32.7. The minimum Gasteiger partial charge on any atom is -0.340 e. The van der Waals surface area contributed by atoms with E-state index in [-0.39, 0.29) is 11.4 Å². The number of rotatable bonds is 6. The molecule has 6 aromatic rings. The van der Waals surface area contributed by atoms with Crippen molar-refractivity contribution in [2.75, 3.05) is 5.32 Å². The van der Waals surface area contributed by atoms with Gasteiger partial charge in [-0.25, -0.2) is 13.8 Å². The molecule has 46 heavy (non-hydrogen) atoms. The van der Waals surface area contributed by atoms with Crippen LogP contribution < -0.4 is 20.2 Å². The minimum absolute atomic E-state index is 0.280. The van der Waals surface area contributed by atoms with Gasteiger partial charge in [0.05, 0.1) is 28.4 Å². The zero-order valence-electron chi connectivity index (χ0n) is 25.0. The number of thiazole rings is 1. The lowest BCUT2D eigenvalue weighted by atomic mass is 9.95. The summed E-state index contributed by atoms with van der Waals surface area (Å²) in [6.45, 7) is 4.03. The summed E-state index contributed by atoms with van der Waals surface area (Å²) >= 11 is 1.23. The Kier molecular flexibility index (Phi) is 7.54. The fourth-order valence-corrected chi connectivity index (χ4v) is 7.09. The summed E-state index contributed by atoms with van der Waals surface area (Å²) in [5.74, 6) is -1.10. The van der Waals surface area contributed by atoms with E-state index in [1.165, 1.54) is 34.1 Å². The molecule has 1 atom stereocenters. The number of fused-ring (bicyclic) bond motifs is 2. The van der Waals surface area contributed by atoms with Crippen LogP contribution in [0.1, 0.15) is 35.3 Å². The van der Waals surface area contributed by atoms with Gasteiger partial charge >= 0.3 is 0 Å². The highest BCUT2D eigenvalue weighted by Gasteiger charge is 2.32. The van der Waals surface area contributed by atoms with Gasteiger partial charge in [-0.3, -0.25) is 14.2 Å². The van der Waals surface area contributed by atoms with Crippen LogP contribution in [-0.2, 0) is 11.3 Å². The summed E-state index contributed by atoms with van der Waals surface area (Å²) in [5.41, 5.74) is 4.83. The van der Waals surface area contributed by atoms with Gasteiger partial charge in [0.25, 0.3) is 11.5 Å². The van der Waals surface area contributed by atoms with E-state index in [0.29, 0.717) is 44.0 Å². The van der Waals surface area contributed by atoms with Gasteiger partial charge in [-0.15, -0.1) is 0 Å². The molecule has 0 unspecified atom stereocenters. The molecule has 3 heterocycles. The number of amides is 1. The lowest BCUT2D eigenvalue weighted by Crippen LogP contribution is -2.40. The van der Waals surface area contributed by atoms with E-state index in [0.717, 1.165) is 22.2 Å². The second kappa shape index (κ2) is 11.8. The second-order valence-electron chi connectivity index (χ2n) is 11.1. The maximum Gasteiger partial charge on any atom is 0.271 e. The summed E-state index contributed by atoms with van der Waals surface area (Å²) in [6, 6.07) is 28.6. The Morgan fingerprint density at radius 3 is 2.37 bits per heavy atom. The van der Waals surface area contributed by atoms with Crippen molar-refractivity contribution in [3.05, 3.63) is 168 Å². The Morgan fingerprint density at radius 1 is 0.913 bits per heavy atom. The van der Waals surface area contributed by atoms with Crippen molar-refractivity contribution in [3.8, 4) is 0 Å². The average Bonchev–Trinajstić information content (AvgIpc) is 3.50. The van der Waals surface area contributed by atoms with E-state index < -0.39 is 17.8 Å². The van der Waals surface area contributed by atoms with E-state index in [1.807, 2.05) is 66.1 Å². The molecular weight excluding hydrogens is 602 g/mol. The number of nitrogens with zero attached hydrogens (tertiary/aromatic N) is 3. The Labute approximate surface area is 266 Å². The number of carbonyl (C=O) groups excluding carboxylic acids is 1. The van der Waals surface area contributed by atoms with Crippen LogP contribution in [0.4, 0.5) is 14.5 Å². The van der Waals surface area contributed by atoms with Crippen LogP contribution >= 0.6 is 11.3 Å². The van der Waals surface area contributed by atoms with E-state index in [4.69, 9.17) is 4.99 Å². The number of halogens is 2. The maximum atomic E-state index is 14.7. The van der Waals surface area contributed by atoms with Crippen LogP contribution in [0, 0.1) is 18.6 Å². The van der Waals surface area contributed by atoms with Crippen LogP contribution in [0.3, 0.4) is 0 Å². The van der Waals surface area contributed by atoms with Crippen molar-refractivity contribution in [2.45, 2.75) is 26.4 Å². The first kappa shape index (κ1) is 29.3. The molecule has 9 heteroatoms. The number of carbonyl (C=O) groups is 1. The van der Waals surface area contributed by atoms with Crippen LogP contribution in [0.15, 0.2) is 124 Å². The van der Waals surface area contributed by atoms with Gasteiger partial charge < -0.3 is 9.88 Å². The van der Waals surface area contributed by atoms with Gasteiger partial charge in [0, 0.05) is 33.4 Å². The summed E-state index contributed by atoms with van der Waals surface area (Å²) in [7, 11) is 0. The molecule has 0 fully saturated rings. The third-order valence-corrected chi connectivity index (χ3v) is 9.31. The minimum atomic E-state index is -0.828. The van der Waals surface area contributed by atoms with Crippen molar-refractivity contribution in [3.63, 3.8) is 0 Å². The largest absolute Gasteiger partial charge is 0.340 e. The molecule has 1 N–H and O–H groups in total. The van der Waals surface area contributed by atoms with Crippen molar-refractivity contribution in [2.24, 2.45) is 4.99 Å². The monoisotopic (exact) mass is 630 g/mol. The van der Waals surface area contributed by atoms with Crippen molar-refractivity contribution in [1.82, 2.24) is 9.13 Å². The van der Waals surface area contributed by atoms with Crippen LogP contribution in [0.5, 0.6) is 0 Å². The molecule has 0 aliphatic carbocycles. The van der Waals surface area contributed by atoms with Crippen LogP contribution in [0.2, 0.25) is 0 Å². The summed E-state index contributed by atoms with van der Waals surface area (Å²) in [6.07, 6.45) is 1.85. The molecule has 2 aromatic heterocycles. The number of allylic oxidation sites excluding steroid dienone is 1. The average molecular weight is 631 g/mol. The topological polar surface area (TPSA) is 68.4 Å². The maximum absolute atomic E-state index is 14.7. The Bertz CT molecular complexity index is 2350. The van der Waals surface area contributed by atoms with Gasteiger partial charge in [-0.1, -0.05) is 78.1 Å². The molecule has 228 valence electrons. The van der Waals surface area contributed by atoms with Crippen molar-refractivity contribution < 1.29 is 13.6 Å². The number of benzene rings is 4. The lowest BCUT2D eigenvalue weighted by molar-refractivity contribution is -0.113. The lowest BCUT2D eigenvalue weighted by Gasteiger charge is -2.25. The molecule has 1 aliphatic rings. The number of hydrogen-bond donors (Lipinski definition) is 1. The zero-order valence-corrected chi connectivity index (χ0v) is 25.8. The highest BCUT2D eigenvalue weighted by atomic mass is 32.1. The van der Waals surface area contributed by atoms with Crippen molar-refractivity contribution in [1.29, 1.82) is 0 Å². The van der Waals surface area contributed by atoms with E-state index in [1.54, 1.807) is 43.3 Å². The molecule has 0 radical (unpaired) electrons. The summed E-state index contributed by atoms with van der Waals surface area (Å²) in [5, 5.41) is 3.85. The smallest absolute Gasteiger partial charge is 0.271 e. The first-order chi connectivity index (χ1) is 22.3. The Balaban J connectivity index is 1.39. The highest BCUT2D eigenvalue weighted by Crippen LogP contribution is 2.32. The standard InChI is InChI=1S/C37H28F2N4O2S/c1-22-33(35(44)41-27-11-4-3-5-12-27)34(24-16-18-26(38)19-17-24)43-36(45)32(46-37(43)40-22)20-29-23(2)42(31-15-9-7-13-28(29)31)21-25-10-6-8-14-30(25)39/h3-20,34H,21H2,1-2H3,(H,41,44)/b32-20-/t34-/m1/s1. The molecular formula is C37H28F2N4O2S. The predicted molar refractivity (Wildman–Crippen MR) is 177 cm³/mol. The summed E-state index contributed by atoms with van der Waals surface area (Å²) in [4.78, 5) is 33.2. The first-order valence-corrected chi connectivity index (χ1v) is 15.6. The van der Waals surface area contributed by atoms with E-state index >= 15 is 0 Å². The molecule has 0 saturated heterocycles. The fourth-order valence-electron chi connectivity index (χ4n) is 6.06.